The third-order valence-corrected chi connectivity index (χ3v) is 0.682. The summed E-state index contributed by atoms with van der Waals surface area (Å²) < 4.78 is 0. The summed E-state index contributed by atoms with van der Waals surface area (Å²) >= 11 is 0. The molecular weight excluding hydrogens is 114 g/mol. The highest BCUT2D eigenvalue weighted by atomic mass is 16.1. The summed E-state index contributed by atoms with van der Waals surface area (Å²) in [6.07, 6.45) is 0.769. The van der Waals surface area contributed by atoms with E-state index in [1.165, 1.54) is 0 Å². The highest BCUT2D eigenvalue weighted by molar-refractivity contribution is 6.27. The second kappa shape index (κ2) is 2.76. The number of hydrogen-bond donors (Lipinski definition) is 0. The Morgan fingerprint density at radius 1 is 1.44 bits per heavy atom. The first-order chi connectivity index (χ1) is 3.95. The van der Waals surface area contributed by atoms with Crippen LogP contribution < -0.4 is 0 Å². The van der Waals surface area contributed by atoms with Gasteiger partial charge in [-0.3, -0.25) is 9.79 Å². The number of carbonyl (C=O) groups excluding carboxylic acids is 1. The van der Waals surface area contributed by atoms with Crippen LogP contribution in [0, 0.1) is 0 Å². The standard InChI is InChI=1S/C7H13NO/c1-6(5-9)8-7(2,3)4/h5H,1-4H3. The van der Waals surface area contributed by atoms with Crippen LogP contribution >= 0.6 is 0 Å². The Hall–Kier alpha value is -0.660. The molecule has 0 atom stereocenters. The van der Waals surface area contributed by atoms with Crippen LogP contribution in [0.5, 0.6) is 0 Å². The van der Waals surface area contributed by atoms with Gasteiger partial charge in [0.1, 0.15) is 0 Å². The van der Waals surface area contributed by atoms with Crippen LogP contribution in [-0.2, 0) is 4.79 Å². The normalized spacial score (nSPS) is 13.6. The molecule has 0 spiro atoms. The lowest BCUT2D eigenvalue weighted by atomic mass is 10.1. The summed E-state index contributed by atoms with van der Waals surface area (Å²) in [5.41, 5.74) is 0.438. The Bertz CT molecular complexity index is 130. The summed E-state index contributed by atoms with van der Waals surface area (Å²) in [6, 6.07) is 0. The van der Waals surface area contributed by atoms with E-state index in [-0.39, 0.29) is 5.54 Å². The van der Waals surface area contributed by atoms with Crippen molar-refractivity contribution >= 4 is 12.0 Å². The maximum atomic E-state index is 10.1. The van der Waals surface area contributed by atoms with Crippen LogP contribution in [0.25, 0.3) is 0 Å². The fourth-order valence-electron chi connectivity index (χ4n) is 0.555. The first kappa shape index (κ1) is 8.34. The Morgan fingerprint density at radius 2 is 1.89 bits per heavy atom. The van der Waals surface area contributed by atoms with Crippen molar-refractivity contribution in [3.8, 4) is 0 Å². The number of aldehydes is 1. The van der Waals surface area contributed by atoms with E-state index in [2.05, 4.69) is 4.99 Å². The number of carbonyl (C=O) groups is 1. The number of nitrogens with zero attached hydrogens (tertiary/aromatic N) is 1. The van der Waals surface area contributed by atoms with Gasteiger partial charge in [-0.15, -0.1) is 0 Å². The highest BCUT2D eigenvalue weighted by Gasteiger charge is 2.05. The molecule has 0 heterocycles. The van der Waals surface area contributed by atoms with E-state index in [1.807, 2.05) is 20.8 Å². The average Bonchev–Trinajstić information content (AvgIpc) is 1.62. The van der Waals surface area contributed by atoms with E-state index in [0.29, 0.717) is 5.71 Å². The molecule has 0 unspecified atom stereocenters. The van der Waals surface area contributed by atoms with Crippen LogP contribution in [0.1, 0.15) is 27.7 Å². The highest BCUT2D eigenvalue weighted by Crippen LogP contribution is 2.05. The van der Waals surface area contributed by atoms with Crippen LogP contribution in [0.3, 0.4) is 0 Å². The molecule has 0 aliphatic carbocycles. The lowest BCUT2D eigenvalue weighted by molar-refractivity contribution is -0.102. The molecule has 0 aliphatic heterocycles. The zero-order valence-electron chi connectivity index (χ0n) is 6.43. The molecular formula is C7H13NO. The molecule has 9 heavy (non-hydrogen) atoms. The van der Waals surface area contributed by atoms with Crippen LogP contribution in [0.4, 0.5) is 0 Å². The molecule has 0 amide bonds. The van der Waals surface area contributed by atoms with Gasteiger partial charge in [0, 0.05) is 0 Å². The third-order valence-electron chi connectivity index (χ3n) is 0.682. The molecule has 0 saturated carbocycles. The van der Waals surface area contributed by atoms with Crippen molar-refractivity contribution in [2.75, 3.05) is 0 Å². The van der Waals surface area contributed by atoms with Crippen LogP contribution in [0.2, 0.25) is 0 Å². The van der Waals surface area contributed by atoms with Gasteiger partial charge in [-0.2, -0.15) is 0 Å². The quantitative estimate of drug-likeness (QED) is 0.387. The van der Waals surface area contributed by atoms with E-state index in [4.69, 9.17) is 0 Å². The minimum Gasteiger partial charge on any atom is -0.297 e. The van der Waals surface area contributed by atoms with Gasteiger partial charge in [-0.1, -0.05) is 0 Å². The molecule has 0 fully saturated rings. The topological polar surface area (TPSA) is 29.4 Å². The zero-order chi connectivity index (χ0) is 7.49. The summed E-state index contributed by atoms with van der Waals surface area (Å²) in [4.78, 5) is 14.1. The molecule has 2 heteroatoms. The van der Waals surface area contributed by atoms with Crippen molar-refractivity contribution in [1.82, 2.24) is 0 Å². The lowest BCUT2D eigenvalue weighted by Gasteiger charge is -2.11. The fraction of sp³-hybridized carbons (Fsp3) is 0.714. The number of hydrogen-bond acceptors (Lipinski definition) is 2. The predicted octanol–water partition coefficient (Wildman–Crippen LogP) is 1.44. The molecule has 0 rings (SSSR count). The Kier molecular flexibility index (Phi) is 2.56. The number of rotatable bonds is 1. The predicted molar refractivity (Wildman–Crippen MR) is 38.9 cm³/mol. The van der Waals surface area contributed by atoms with Gasteiger partial charge in [0.05, 0.1) is 11.3 Å². The van der Waals surface area contributed by atoms with Gasteiger partial charge in [-0.05, 0) is 27.7 Å². The van der Waals surface area contributed by atoms with Gasteiger partial charge < -0.3 is 0 Å². The van der Waals surface area contributed by atoms with Crippen LogP contribution in [-0.4, -0.2) is 17.5 Å². The van der Waals surface area contributed by atoms with Gasteiger partial charge in [0.25, 0.3) is 0 Å². The average molecular weight is 127 g/mol. The van der Waals surface area contributed by atoms with Crippen molar-refractivity contribution < 1.29 is 4.79 Å². The molecule has 52 valence electrons. The molecule has 0 aromatic heterocycles. The lowest BCUT2D eigenvalue weighted by Crippen LogP contribution is -2.12. The molecule has 0 aliphatic rings. The molecule has 0 aromatic carbocycles. The van der Waals surface area contributed by atoms with Gasteiger partial charge in [-0.25, -0.2) is 0 Å². The summed E-state index contributed by atoms with van der Waals surface area (Å²) in [7, 11) is 0. The SMILES string of the molecule is CC(C=O)=NC(C)(C)C. The van der Waals surface area contributed by atoms with E-state index in [0.717, 1.165) is 6.29 Å². The van der Waals surface area contributed by atoms with Crippen molar-refractivity contribution in [2.24, 2.45) is 4.99 Å². The molecule has 0 N–H and O–H groups in total. The molecule has 2 nitrogen and oxygen atoms in total. The fourth-order valence-corrected chi connectivity index (χ4v) is 0.555. The largest absolute Gasteiger partial charge is 0.297 e. The molecule has 0 bridgehead atoms. The van der Waals surface area contributed by atoms with Crippen molar-refractivity contribution in [3.05, 3.63) is 0 Å². The van der Waals surface area contributed by atoms with Crippen molar-refractivity contribution in [3.63, 3.8) is 0 Å². The number of aliphatic imine (C=N–C) groups is 1. The molecule has 0 saturated heterocycles. The summed E-state index contributed by atoms with van der Waals surface area (Å²) in [5, 5.41) is 0. The zero-order valence-corrected chi connectivity index (χ0v) is 6.43. The third kappa shape index (κ3) is 5.21. The van der Waals surface area contributed by atoms with Crippen molar-refractivity contribution in [2.45, 2.75) is 33.2 Å². The maximum Gasteiger partial charge on any atom is 0.163 e. The van der Waals surface area contributed by atoms with Gasteiger partial charge in [0.15, 0.2) is 6.29 Å². The van der Waals surface area contributed by atoms with E-state index >= 15 is 0 Å². The maximum absolute atomic E-state index is 10.1. The summed E-state index contributed by atoms with van der Waals surface area (Å²) in [6.45, 7) is 7.58. The molecule has 0 aromatic rings. The Morgan fingerprint density at radius 3 is 2.00 bits per heavy atom. The van der Waals surface area contributed by atoms with Gasteiger partial charge >= 0.3 is 0 Å². The second-order valence-electron chi connectivity index (χ2n) is 3.04. The second-order valence-corrected chi connectivity index (χ2v) is 3.04. The van der Waals surface area contributed by atoms with Crippen LogP contribution in [0.15, 0.2) is 4.99 Å². The monoisotopic (exact) mass is 127 g/mol. The smallest absolute Gasteiger partial charge is 0.163 e. The molecule has 0 radical (unpaired) electrons. The first-order valence-corrected chi connectivity index (χ1v) is 2.97. The van der Waals surface area contributed by atoms with Crippen molar-refractivity contribution in [1.29, 1.82) is 0 Å². The first-order valence-electron chi connectivity index (χ1n) is 2.97. The van der Waals surface area contributed by atoms with E-state index in [1.54, 1.807) is 6.92 Å². The van der Waals surface area contributed by atoms with Gasteiger partial charge in [0.2, 0.25) is 0 Å². The van der Waals surface area contributed by atoms with E-state index < -0.39 is 0 Å². The minimum atomic E-state index is -0.120. The Labute approximate surface area is 56.0 Å². The minimum absolute atomic E-state index is 0.120. The summed E-state index contributed by atoms with van der Waals surface area (Å²) in [5.74, 6) is 0. The van der Waals surface area contributed by atoms with E-state index in [9.17, 15) is 4.79 Å². The Balaban J connectivity index is 4.11.